The fourth-order valence-corrected chi connectivity index (χ4v) is 4.63. The second kappa shape index (κ2) is 7.94. The van der Waals surface area contributed by atoms with Gasteiger partial charge in [-0.15, -0.1) is 0 Å². The molecule has 21 heavy (non-hydrogen) atoms. The molecule has 124 valence electrons. The van der Waals surface area contributed by atoms with Crippen molar-refractivity contribution >= 4 is 0 Å². The first-order valence-corrected chi connectivity index (χ1v) is 9.11. The molecule has 0 spiro atoms. The summed E-state index contributed by atoms with van der Waals surface area (Å²) in [4.78, 5) is 2.52. The van der Waals surface area contributed by atoms with Gasteiger partial charge in [-0.25, -0.2) is 0 Å². The number of hydrogen-bond acceptors (Lipinski definition) is 3. The van der Waals surface area contributed by atoms with Crippen molar-refractivity contribution in [2.75, 3.05) is 27.2 Å². The van der Waals surface area contributed by atoms with Gasteiger partial charge >= 0.3 is 0 Å². The number of likely N-dealkylation sites (N-methyl/N-ethyl adjacent to an activating group) is 2. The summed E-state index contributed by atoms with van der Waals surface area (Å²) < 4.78 is 5.84. The van der Waals surface area contributed by atoms with Crippen LogP contribution < -0.4 is 5.32 Å². The minimum absolute atomic E-state index is 0.340. The van der Waals surface area contributed by atoms with Gasteiger partial charge in [-0.2, -0.15) is 0 Å². The highest BCUT2D eigenvalue weighted by molar-refractivity contribution is 5.02. The van der Waals surface area contributed by atoms with E-state index < -0.39 is 0 Å². The Morgan fingerprint density at radius 3 is 2.67 bits per heavy atom. The van der Waals surface area contributed by atoms with E-state index >= 15 is 0 Å². The topological polar surface area (TPSA) is 24.5 Å². The van der Waals surface area contributed by atoms with Crippen molar-refractivity contribution in [3.05, 3.63) is 0 Å². The minimum Gasteiger partial charge on any atom is -0.378 e. The molecular weight excluding hydrogens is 260 g/mol. The number of rotatable bonds is 7. The molecule has 2 aliphatic rings. The Kier molecular flexibility index (Phi) is 6.51. The Balaban J connectivity index is 2.04. The van der Waals surface area contributed by atoms with Crippen LogP contribution in [0.5, 0.6) is 0 Å². The lowest BCUT2D eigenvalue weighted by Crippen LogP contribution is -2.61. The van der Waals surface area contributed by atoms with Crippen molar-refractivity contribution < 1.29 is 4.74 Å². The molecule has 1 N–H and O–H groups in total. The van der Waals surface area contributed by atoms with E-state index in [0.29, 0.717) is 17.7 Å². The summed E-state index contributed by atoms with van der Waals surface area (Å²) in [5.41, 5.74) is 0.340. The molecular formula is C18H36N2O. The van der Waals surface area contributed by atoms with Crippen molar-refractivity contribution in [1.29, 1.82) is 0 Å². The van der Waals surface area contributed by atoms with E-state index in [4.69, 9.17) is 4.74 Å². The molecule has 4 unspecified atom stereocenters. The molecule has 4 atom stereocenters. The third kappa shape index (κ3) is 4.20. The van der Waals surface area contributed by atoms with Gasteiger partial charge in [-0.3, -0.25) is 0 Å². The molecule has 0 aromatic rings. The maximum absolute atomic E-state index is 5.84. The van der Waals surface area contributed by atoms with E-state index in [0.717, 1.165) is 19.1 Å². The summed E-state index contributed by atoms with van der Waals surface area (Å²) in [6.07, 6.45) is 11.0. The highest BCUT2D eigenvalue weighted by Crippen LogP contribution is 2.39. The van der Waals surface area contributed by atoms with Crippen molar-refractivity contribution in [2.24, 2.45) is 5.92 Å². The van der Waals surface area contributed by atoms with E-state index in [1.807, 2.05) is 0 Å². The Hall–Kier alpha value is -0.120. The third-order valence-electron chi connectivity index (χ3n) is 5.80. The average molecular weight is 296 g/mol. The fraction of sp³-hybridized carbons (Fsp3) is 1.00. The highest BCUT2D eigenvalue weighted by atomic mass is 16.5. The van der Waals surface area contributed by atoms with Crippen LogP contribution in [0.2, 0.25) is 0 Å². The lowest BCUT2D eigenvalue weighted by molar-refractivity contribution is 0.0260. The van der Waals surface area contributed by atoms with Gasteiger partial charge in [0.15, 0.2) is 0 Å². The molecule has 0 aromatic heterocycles. The van der Waals surface area contributed by atoms with Crippen LogP contribution in [0.4, 0.5) is 0 Å². The second-order valence-corrected chi connectivity index (χ2v) is 7.52. The summed E-state index contributed by atoms with van der Waals surface area (Å²) >= 11 is 0. The van der Waals surface area contributed by atoms with Crippen molar-refractivity contribution in [1.82, 2.24) is 10.2 Å². The van der Waals surface area contributed by atoms with Crippen molar-refractivity contribution in [2.45, 2.75) is 82.9 Å². The normalized spacial score (nSPS) is 35.3. The van der Waals surface area contributed by atoms with E-state index in [-0.39, 0.29) is 0 Å². The fourth-order valence-electron chi connectivity index (χ4n) is 4.63. The van der Waals surface area contributed by atoms with Crippen LogP contribution in [-0.4, -0.2) is 49.8 Å². The summed E-state index contributed by atoms with van der Waals surface area (Å²) in [6.45, 7) is 6.72. The summed E-state index contributed by atoms with van der Waals surface area (Å²) in [5, 5.41) is 3.82. The van der Waals surface area contributed by atoms with E-state index in [1.54, 1.807) is 0 Å². The Morgan fingerprint density at radius 2 is 2.10 bits per heavy atom. The van der Waals surface area contributed by atoms with Gasteiger partial charge in [-0.1, -0.05) is 26.7 Å². The number of hydrogen-bond donors (Lipinski definition) is 1. The van der Waals surface area contributed by atoms with Crippen LogP contribution in [0.1, 0.15) is 65.2 Å². The largest absolute Gasteiger partial charge is 0.378 e. The minimum atomic E-state index is 0.340. The molecule has 1 aliphatic heterocycles. The molecule has 3 nitrogen and oxygen atoms in total. The van der Waals surface area contributed by atoms with Crippen LogP contribution in [-0.2, 0) is 4.74 Å². The van der Waals surface area contributed by atoms with Crippen LogP contribution in [0.15, 0.2) is 0 Å². The Labute approximate surface area is 131 Å². The molecule has 1 saturated heterocycles. The number of ether oxygens (including phenoxy) is 1. The highest BCUT2D eigenvalue weighted by Gasteiger charge is 2.43. The van der Waals surface area contributed by atoms with Gasteiger partial charge < -0.3 is 15.0 Å². The molecule has 1 aliphatic carbocycles. The summed E-state index contributed by atoms with van der Waals surface area (Å²) in [5.74, 6) is 0.852. The van der Waals surface area contributed by atoms with Gasteiger partial charge in [0.25, 0.3) is 0 Å². The molecule has 0 radical (unpaired) electrons. The molecule has 1 heterocycles. The first-order chi connectivity index (χ1) is 10.1. The van der Waals surface area contributed by atoms with E-state index in [1.165, 1.54) is 51.4 Å². The van der Waals surface area contributed by atoms with Crippen LogP contribution in [0.25, 0.3) is 0 Å². The number of nitrogens with one attached hydrogen (secondary N) is 1. The summed E-state index contributed by atoms with van der Waals surface area (Å²) in [7, 11) is 4.57. The standard InChI is InChI=1S/C18H36N2O/c1-5-19-17(11-10-16-9-7-13-21-16)18(20(3)4)12-6-8-15(2)14-18/h15-17,19H,5-14H2,1-4H3. The average Bonchev–Trinajstić information content (AvgIpc) is 2.96. The zero-order chi connectivity index (χ0) is 15.3. The Bertz CT molecular complexity index is 302. The summed E-state index contributed by atoms with van der Waals surface area (Å²) in [6, 6.07) is 0.601. The van der Waals surface area contributed by atoms with E-state index in [9.17, 15) is 0 Å². The maximum atomic E-state index is 5.84. The van der Waals surface area contributed by atoms with Crippen molar-refractivity contribution in [3.63, 3.8) is 0 Å². The zero-order valence-corrected chi connectivity index (χ0v) is 14.7. The van der Waals surface area contributed by atoms with Crippen molar-refractivity contribution in [3.8, 4) is 0 Å². The molecule has 0 aromatic carbocycles. The van der Waals surface area contributed by atoms with Gasteiger partial charge in [0.05, 0.1) is 6.10 Å². The lowest BCUT2D eigenvalue weighted by Gasteiger charge is -2.50. The second-order valence-electron chi connectivity index (χ2n) is 7.52. The first kappa shape index (κ1) is 17.2. The Morgan fingerprint density at radius 1 is 1.29 bits per heavy atom. The molecule has 0 amide bonds. The van der Waals surface area contributed by atoms with Gasteiger partial charge in [0.2, 0.25) is 0 Å². The third-order valence-corrected chi connectivity index (χ3v) is 5.80. The molecule has 2 rings (SSSR count). The monoisotopic (exact) mass is 296 g/mol. The SMILES string of the molecule is CCNC(CCC1CCCO1)C1(N(C)C)CCCC(C)C1. The van der Waals surface area contributed by atoms with Crippen LogP contribution >= 0.6 is 0 Å². The van der Waals surface area contributed by atoms with Gasteiger partial charge in [0, 0.05) is 18.2 Å². The quantitative estimate of drug-likeness (QED) is 0.779. The molecule has 0 bridgehead atoms. The zero-order valence-electron chi connectivity index (χ0n) is 14.7. The predicted octanol–water partition coefficient (Wildman–Crippen LogP) is 3.43. The molecule has 1 saturated carbocycles. The van der Waals surface area contributed by atoms with E-state index in [2.05, 4.69) is 38.2 Å². The van der Waals surface area contributed by atoms with Gasteiger partial charge in [0.1, 0.15) is 0 Å². The predicted molar refractivity (Wildman–Crippen MR) is 89.7 cm³/mol. The van der Waals surface area contributed by atoms with Crippen LogP contribution in [0, 0.1) is 5.92 Å². The number of nitrogens with zero attached hydrogens (tertiary/aromatic N) is 1. The lowest BCUT2D eigenvalue weighted by atomic mass is 9.70. The van der Waals surface area contributed by atoms with Gasteiger partial charge in [-0.05, 0) is 65.1 Å². The first-order valence-electron chi connectivity index (χ1n) is 9.11. The molecule has 3 heteroatoms. The maximum Gasteiger partial charge on any atom is 0.0576 e. The smallest absolute Gasteiger partial charge is 0.0576 e. The molecule has 2 fully saturated rings. The van der Waals surface area contributed by atoms with Crippen LogP contribution in [0.3, 0.4) is 0 Å².